The molecule has 33 heavy (non-hydrogen) atoms. The van der Waals surface area contributed by atoms with Crippen LogP contribution in [-0.4, -0.2) is 43.9 Å². The lowest BCUT2D eigenvalue weighted by atomic mass is 10.1. The molecule has 174 valence electrons. The zero-order valence-corrected chi connectivity index (χ0v) is 19.9. The third-order valence-corrected chi connectivity index (χ3v) is 6.92. The molecule has 2 aromatic carbocycles. The lowest BCUT2D eigenvalue weighted by molar-refractivity contribution is -0.115. The predicted octanol–water partition coefficient (Wildman–Crippen LogP) is 5.07. The minimum atomic E-state index is -0.387. The third-order valence-electron chi connectivity index (χ3n) is 5.88. The minimum Gasteiger partial charge on any atom is -0.325 e. The number of aromatic nitrogens is 3. The number of carbonyl (C=O) groups is 1. The van der Waals surface area contributed by atoms with E-state index in [1.165, 1.54) is 48.7 Å². The van der Waals surface area contributed by atoms with Gasteiger partial charge in [-0.2, -0.15) is 0 Å². The number of rotatable bonds is 8. The standard InChI is InChI=1S/C25H30FN5OS/c1-3-19-7-11-21(12-8-19)27-24(32)18(2)33-25-29-28-23(17-30-15-5-4-6-16-30)31(25)22-13-9-20(26)10-14-22/h7-14,18H,3-6,15-17H2,1-2H3,(H,27,32). The largest absolute Gasteiger partial charge is 0.325 e. The zero-order valence-electron chi connectivity index (χ0n) is 19.1. The fourth-order valence-electron chi connectivity index (χ4n) is 3.93. The van der Waals surface area contributed by atoms with Crippen LogP contribution in [0.4, 0.5) is 10.1 Å². The topological polar surface area (TPSA) is 63.1 Å². The molecule has 1 aliphatic rings. The molecular weight excluding hydrogens is 437 g/mol. The molecule has 1 aromatic heterocycles. The minimum absolute atomic E-state index is 0.101. The first-order chi connectivity index (χ1) is 16.0. The quantitative estimate of drug-likeness (QED) is 0.469. The van der Waals surface area contributed by atoms with Crippen LogP contribution in [0.3, 0.4) is 0 Å². The predicted molar refractivity (Wildman–Crippen MR) is 130 cm³/mol. The number of piperidine rings is 1. The summed E-state index contributed by atoms with van der Waals surface area (Å²) < 4.78 is 15.5. The third kappa shape index (κ3) is 6.00. The Morgan fingerprint density at radius 2 is 1.76 bits per heavy atom. The van der Waals surface area contributed by atoms with Crippen LogP contribution in [0.15, 0.2) is 53.7 Å². The molecule has 4 rings (SSSR count). The zero-order chi connectivity index (χ0) is 23.2. The Morgan fingerprint density at radius 1 is 1.06 bits per heavy atom. The molecule has 0 saturated carbocycles. The monoisotopic (exact) mass is 467 g/mol. The molecule has 1 saturated heterocycles. The summed E-state index contributed by atoms with van der Waals surface area (Å²) in [6.45, 7) is 6.70. The SMILES string of the molecule is CCc1ccc(NC(=O)C(C)Sc2nnc(CN3CCCCC3)n2-c2ccc(F)cc2)cc1. The second-order valence-electron chi connectivity index (χ2n) is 8.35. The molecule has 8 heteroatoms. The first-order valence-corrected chi connectivity index (χ1v) is 12.4. The van der Waals surface area contributed by atoms with Crippen molar-refractivity contribution in [2.24, 2.45) is 0 Å². The number of nitrogens with one attached hydrogen (secondary N) is 1. The maximum atomic E-state index is 13.6. The Kier molecular flexibility index (Phi) is 7.77. The van der Waals surface area contributed by atoms with Crippen LogP contribution >= 0.6 is 11.8 Å². The van der Waals surface area contributed by atoms with Crippen molar-refractivity contribution < 1.29 is 9.18 Å². The number of thioether (sulfide) groups is 1. The van der Waals surface area contributed by atoms with Gasteiger partial charge in [0.15, 0.2) is 11.0 Å². The summed E-state index contributed by atoms with van der Waals surface area (Å²) in [5.74, 6) is 0.407. The second kappa shape index (κ2) is 10.9. The molecule has 6 nitrogen and oxygen atoms in total. The van der Waals surface area contributed by atoms with E-state index in [-0.39, 0.29) is 17.0 Å². The number of anilines is 1. The van der Waals surface area contributed by atoms with Crippen molar-refractivity contribution in [3.8, 4) is 5.69 Å². The average Bonchev–Trinajstić information content (AvgIpc) is 3.22. The van der Waals surface area contributed by atoms with E-state index in [4.69, 9.17) is 0 Å². The molecule has 2 heterocycles. The van der Waals surface area contributed by atoms with Crippen LogP contribution in [0, 0.1) is 5.82 Å². The molecule has 1 fully saturated rings. The lowest BCUT2D eigenvalue weighted by Gasteiger charge is -2.26. The highest BCUT2D eigenvalue weighted by molar-refractivity contribution is 8.00. The molecule has 1 atom stereocenters. The van der Waals surface area contributed by atoms with Gasteiger partial charge in [-0.3, -0.25) is 14.3 Å². The van der Waals surface area contributed by atoms with Gasteiger partial charge in [0.1, 0.15) is 5.82 Å². The molecule has 0 spiro atoms. The van der Waals surface area contributed by atoms with Crippen LogP contribution in [0.2, 0.25) is 0 Å². The van der Waals surface area contributed by atoms with Gasteiger partial charge in [0.25, 0.3) is 0 Å². The van der Waals surface area contributed by atoms with Gasteiger partial charge in [0.05, 0.1) is 11.8 Å². The van der Waals surface area contributed by atoms with Crippen LogP contribution in [0.1, 0.15) is 44.5 Å². The Morgan fingerprint density at radius 3 is 2.42 bits per heavy atom. The van der Waals surface area contributed by atoms with Crippen molar-refractivity contribution in [2.75, 3.05) is 18.4 Å². The Hall–Kier alpha value is -2.71. The van der Waals surface area contributed by atoms with E-state index in [1.807, 2.05) is 35.8 Å². The van der Waals surface area contributed by atoms with Crippen LogP contribution in [0.25, 0.3) is 5.69 Å². The average molecular weight is 468 g/mol. The Labute approximate surface area is 198 Å². The van der Waals surface area contributed by atoms with E-state index in [2.05, 4.69) is 27.3 Å². The molecule has 0 bridgehead atoms. The molecule has 1 unspecified atom stereocenters. The van der Waals surface area contributed by atoms with E-state index in [0.717, 1.165) is 36.7 Å². The summed E-state index contributed by atoms with van der Waals surface area (Å²) in [6.07, 6.45) is 4.58. The molecule has 0 aliphatic carbocycles. The van der Waals surface area contributed by atoms with Gasteiger partial charge >= 0.3 is 0 Å². The lowest BCUT2D eigenvalue weighted by Crippen LogP contribution is -2.30. The maximum Gasteiger partial charge on any atom is 0.237 e. The van der Waals surface area contributed by atoms with Crippen molar-refractivity contribution >= 4 is 23.4 Å². The Bertz CT molecular complexity index is 1060. The molecule has 0 radical (unpaired) electrons. The van der Waals surface area contributed by atoms with E-state index in [9.17, 15) is 9.18 Å². The number of hydrogen-bond donors (Lipinski definition) is 1. The molecule has 1 aliphatic heterocycles. The van der Waals surface area contributed by atoms with Crippen LogP contribution in [-0.2, 0) is 17.8 Å². The number of likely N-dealkylation sites (tertiary alicyclic amines) is 1. The second-order valence-corrected chi connectivity index (χ2v) is 9.66. The number of carbonyl (C=O) groups excluding carboxylic acids is 1. The van der Waals surface area contributed by atoms with Crippen LogP contribution in [0.5, 0.6) is 0 Å². The summed E-state index contributed by atoms with van der Waals surface area (Å²) in [7, 11) is 0. The first kappa shape index (κ1) is 23.4. The fraction of sp³-hybridized carbons (Fsp3) is 0.400. The Balaban J connectivity index is 1.52. The van der Waals surface area contributed by atoms with Gasteiger partial charge in [0.2, 0.25) is 5.91 Å². The summed E-state index contributed by atoms with van der Waals surface area (Å²) in [5.41, 5.74) is 2.79. The van der Waals surface area contributed by atoms with Gasteiger partial charge in [-0.15, -0.1) is 10.2 Å². The normalized spacial score (nSPS) is 15.4. The molecule has 1 N–H and O–H groups in total. The molecule has 1 amide bonds. The summed E-state index contributed by atoms with van der Waals surface area (Å²) in [5, 5.41) is 12.1. The number of halogens is 1. The smallest absolute Gasteiger partial charge is 0.237 e. The van der Waals surface area contributed by atoms with E-state index < -0.39 is 0 Å². The number of hydrogen-bond acceptors (Lipinski definition) is 5. The van der Waals surface area contributed by atoms with Crippen molar-refractivity contribution in [2.45, 2.75) is 56.5 Å². The summed E-state index contributed by atoms with van der Waals surface area (Å²) in [6, 6.07) is 14.2. The van der Waals surface area contributed by atoms with Gasteiger partial charge < -0.3 is 5.32 Å². The fourth-order valence-corrected chi connectivity index (χ4v) is 4.81. The van der Waals surface area contributed by atoms with E-state index in [1.54, 1.807) is 12.1 Å². The highest BCUT2D eigenvalue weighted by Crippen LogP contribution is 2.28. The van der Waals surface area contributed by atoms with Crippen LogP contribution < -0.4 is 5.32 Å². The molecule has 3 aromatic rings. The highest BCUT2D eigenvalue weighted by atomic mass is 32.2. The molecular formula is C25H30FN5OS. The first-order valence-electron chi connectivity index (χ1n) is 11.5. The highest BCUT2D eigenvalue weighted by Gasteiger charge is 2.23. The summed E-state index contributed by atoms with van der Waals surface area (Å²) >= 11 is 1.35. The maximum absolute atomic E-state index is 13.6. The summed E-state index contributed by atoms with van der Waals surface area (Å²) in [4.78, 5) is 15.2. The van der Waals surface area contributed by atoms with Crippen molar-refractivity contribution in [3.05, 3.63) is 65.7 Å². The number of nitrogens with zero attached hydrogens (tertiary/aromatic N) is 4. The van der Waals surface area contributed by atoms with Gasteiger partial charge in [0, 0.05) is 11.4 Å². The van der Waals surface area contributed by atoms with Crippen molar-refractivity contribution in [3.63, 3.8) is 0 Å². The number of benzene rings is 2. The van der Waals surface area contributed by atoms with Crippen molar-refractivity contribution in [1.82, 2.24) is 19.7 Å². The van der Waals surface area contributed by atoms with Crippen molar-refractivity contribution in [1.29, 1.82) is 0 Å². The van der Waals surface area contributed by atoms with Gasteiger partial charge in [-0.25, -0.2) is 4.39 Å². The van der Waals surface area contributed by atoms with E-state index in [0.29, 0.717) is 11.7 Å². The number of amides is 1. The van der Waals surface area contributed by atoms with Gasteiger partial charge in [-0.1, -0.05) is 37.2 Å². The van der Waals surface area contributed by atoms with Gasteiger partial charge in [-0.05, 0) is 81.2 Å². The van der Waals surface area contributed by atoms with E-state index >= 15 is 0 Å². The number of aryl methyl sites for hydroxylation is 1.